The van der Waals surface area contributed by atoms with Crippen molar-refractivity contribution in [1.82, 2.24) is 4.90 Å². The number of carbonyl (C=O) groups excluding carboxylic acids is 1. The number of benzene rings is 2. The van der Waals surface area contributed by atoms with Crippen molar-refractivity contribution >= 4 is 5.91 Å². The minimum Gasteiger partial charge on any atom is -0.339 e. The molecule has 0 saturated carbocycles. The lowest BCUT2D eigenvalue weighted by Gasteiger charge is -2.32. The smallest absolute Gasteiger partial charge is 0.253 e. The van der Waals surface area contributed by atoms with Crippen LogP contribution in [0.15, 0.2) is 54.6 Å². The third kappa shape index (κ3) is 3.01. The molecule has 2 aromatic carbocycles. The first-order chi connectivity index (χ1) is 10.8. The molecule has 0 bridgehead atoms. The highest BCUT2D eigenvalue weighted by molar-refractivity contribution is 5.94. The summed E-state index contributed by atoms with van der Waals surface area (Å²) in [6.07, 6.45) is 1.99. The summed E-state index contributed by atoms with van der Waals surface area (Å²) in [4.78, 5) is 14.4. The van der Waals surface area contributed by atoms with Crippen LogP contribution >= 0.6 is 0 Å². The van der Waals surface area contributed by atoms with Gasteiger partial charge < -0.3 is 4.90 Å². The van der Waals surface area contributed by atoms with Crippen LogP contribution in [-0.4, -0.2) is 23.9 Å². The molecule has 110 valence electrons. The number of nitrogens with zero attached hydrogens (tertiary/aromatic N) is 2. The van der Waals surface area contributed by atoms with Crippen molar-refractivity contribution in [2.75, 3.05) is 13.1 Å². The Labute approximate surface area is 130 Å². The quantitative estimate of drug-likeness (QED) is 0.848. The molecule has 0 aromatic heterocycles. The van der Waals surface area contributed by atoms with Crippen LogP contribution in [0.2, 0.25) is 0 Å². The van der Waals surface area contributed by atoms with E-state index >= 15 is 0 Å². The molecule has 0 spiro atoms. The van der Waals surface area contributed by atoms with Gasteiger partial charge in [0.05, 0.1) is 11.6 Å². The average Bonchev–Trinajstić information content (AvgIpc) is 2.62. The fourth-order valence-electron chi connectivity index (χ4n) is 3.05. The van der Waals surface area contributed by atoms with Crippen molar-refractivity contribution in [3.8, 4) is 6.07 Å². The van der Waals surface area contributed by atoms with E-state index in [-0.39, 0.29) is 5.91 Å². The van der Waals surface area contributed by atoms with Crippen LogP contribution in [0.5, 0.6) is 0 Å². The molecule has 0 unspecified atom stereocenters. The Kier molecular flexibility index (Phi) is 4.20. The zero-order valence-corrected chi connectivity index (χ0v) is 12.4. The molecule has 1 aliphatic heterocycles. The lowest BCUT2D eigenvalue weighted by Crippen LogP contribution is -2.37. The highest BCUT2D eigenvalue weighted by Crippen LogP contribution is 2.28. The first-order valence-electron chi connectivity index (χ1n) is 7.62. The van der Waals surface area contributed by atoms with Gasteiger partial charge in [0, 0.05) is 18.7 Å². The van der Waals surface area contributed by atoms with Crippen molar-refractivity contribution < 1.29 is 4.79 Å². The SMILES string of the molecule is N#Cc1cccc(C(=O)N2CCC(c3ccccc3)CC2)c1. The van der Waals surface area contributed by atoms with Crippen LogP contribution in [-0.2, 0) is 0 Å². The number of rotatable bonds is 2. The number of hydrogen-bond donors (Lipinski definition) is 0. The normalized spacial score (nSPS) is 15.3. The molecule has 3 nitrogen and oxygen atoms in total. The fraction of sp³-hybridized carbons (Fsp3) is 0.263. The molecule has 0 N–H and O–H groups in total. The monoisotopic (exact) mass is 290 g/mol. The Bertz CT molecular complexity index is 695. The molecule has 1 heterocycles. The predicted octanol–water partition coefficient (Wildman–Crippen LogP) is 3.58. The molecule has 3 rings (SSSR count). The van der Waals surface area contributed by atoms with Crippen LogP contribution in [0.4, 0.5) is 0 Å². The Morgan fingerprint density at radius 1 is 1.05 bits per heavy atom. The number of nitriles is 1. The summed E-state index contributed by atoms with van der Waals surface area (Å²) in [5, 5.41) is 8.94. The van der Waals surface area contributed by atoms with Crippen molar-refractivity contribution in [2.24, 2.45) is 0 Å². The van der Waals surface area contributed by atoms with E-state index in [4.69, 9.17) is 5.26 Å². The summed E-state index contributed by atoms with van der Waals surface area (Å²) in [6, 6.07) is 19.5. The molecule has 2 aromatic rings. The van der Waals surface area contributed by atoms with E-state index in [0.29, 0.717) is 17.0 Å². The Morgan fingerprint density at radius 3 is 2.45 bits per heavy atom. The Morgan fingerprint density at radius 2 is 1.77 bits per heavy atom. The third-order valence-corrected chi connectivity index (χ3v) is 4.29. The first-order valence-corrected chi connectivity index (χ1v) is 7.62. The second-order valence-corrected chi connectivity index (χ2v) is 5.67. The molecular weight excluding hydrogens is 272 g/mol. The van der Waals surface area contributed by atoms with E-state index in [0.717, 1.165) is 25.9 Å². The lowest BCUT2D eigenvalue weighted by molar-refractivity contribution is 0.0713. The molecule has 0 aliphatic carbocycles. The summed E-state index contributed by atoms with van der Waals surface area (Å²) in [5.41, 5.74) is 2.50. The van der Waals surface area contributed by atoms with Crippen LogP contribution in [0.25, 0.3) is 0 Å². The summed E-state index contributed by atoms with van der Waals surface area (Å²) >= 11 is 0. The van der Waals surface area contributed by atoms with Gasteiger partial charge in [-0.1, -0.05) is 36.4 Å². The highest BCUT2D eigenvalue weighted by atomic mass is 16.2. The highest BCUT2D eigenvalue weighted by Gasteiger charge is 2.24. The van der Waals surface area contributed by atoms with Gasteiger partial charge in [-0.25, -0.2) is 0 Å². The number of likely N-dealkylation sites (tertiary alicyclic amines) is 1. The van der Waals surface area contributed by atoms with E-state index in [2.05, 4.69) is 30.3 Å². The maximum absolute atomic E-state index is 12.5. The molecule has 22 heavy (non-hydrogen) atoms. The number of hydrogen-bond acceptors (Lipinski definition) is 2. The molecule has 0 radical (unpaired) electrons. The maximum Gasteiger partial charge on any atom is 0.253 e. The second kappa shape index (κ2) is 6.44. The standard InChI is InChI=1S/C19H18N2O/c20-14-15-5-4-8-18(13-15)19(22)21-11-9-17(10-12-21)16-6-2-1-3-7-16/h1-8,13,17H,9-12H2. The number of amides is 1. The molecule has 1 saturated heterocycles. The van der Waals surface area contributed by atoms with E-state index in [9.17, 15) is 4.79 Å². The maximum atomic E-state index is 12.5. The fourth-order valence-corrected chi connectivity index (χ4v) is 3.05. The van der Waals surface area contributed by atoms with E-state index < -0.39 is 0 Å². The topological polar surface area (TPSA) is 44.1 Å². The lowest BCUT2D eigenvalue weighted by atomic mass is 9.89. The molecular formula is C19H18N2O. The van der Waals surface area contributed by atoms with Crippen LogP contribution in [0.3, 0.4) is 0 Å². The average molecular weight is 290 g/mol. The van der Waals surface area contributed by atoms with Gasteiger partial charge in [-0.05, 0) is 42.5 Å². The molecule has 0 atom stereocenters. The summed E-state index contributed by atoms with van der Waals surface area (Å²) in [6.45, 7) is 1.55. The van der Waals surface area contributed by atoms with Crippen molar-refractivity contribution in [3.63, 3.8) is 0 Å². The minimum atomic E-state index is 0.0311. The van der Waals surface area contributed by atoms with Crippen LogP contribution < -0.4 is 0 Å². The second-order valence-electron chi connectivity index (χ2n) is 5.67. The van der Waals surface area contributed by atoms with Crippen molar-refractivity contribution in [2.45, 2.75) is 18.8 Å². The van der Waals surface area contributed by atoms with Gasteiger partial charge in [0.1, 0.15) is 0 Å². The van der Waals surface area contributed by atoms with Gasteiger partial charge in [0.15, 0.2) is 0 Å². The van der Waals surface area contributed by atoms with Crippen molar-refractivity contribution in [1.29, 1.82) is 5.26 Å². The predicted molar refractivity (Wildman–Crippen MR) is 85.5 cm³/mol. The third-order valence-electron chi connectivity index (χ3n) is 4.29. The number of piperidine rings is 1. The molecule has 3 heteroatoms. The van der Waals surface area contributed by atoms with Crippen LogP contribution in [0.1, 0.15) is 40.2 Å². The van der Waals surface area contributed by atoms with E-state index in [1.807, 2.05) is 11.0 Å². The van der Waals surface area contributed by atoms with Gasteiger partial charge in [-0.2, -0.15) is 5.26 Å². The Hall–Kier alpha value is -2.60. The van der Waals surface area contributed by atoms with E-state index in [1.54, 1.807) is 24.3 Å². The minimum absolute atomic E-state index is 0.0311. The van der Waals surface area contributed by atoms with Crippen molar-refractivity contribution in [3.05, 3.63) is 71.3 Å². The molecule has 1 fully saturated rings. The Balaban J connectivity index is 1.66. The summed E-state index contributed by atoms with van der Waals surface area (Å²) in [7, 11) is 0. The van der Waals surface area contributed by atoms with Gasteiger partial charge >= 0.3 is 0 Å². The largest absolute Gasteiger partial charge is 0.339 e. The van der Waals surface area contributed by atoms with Gasteiger partial charge in [-0.15, -0.1) is 0 Å². The summed E-state index contributed by atoms with van der Waals surface area (Å²) < 4.78 is 0. The number of carbonyl (C=O) groups is 1. The molecule has 1 amide bonds. The van der Waals surface area contributed by atoms with Gasteiger partial charge in [0.2, 0.25) is 0 Å². The zero-order chi connectivity index (χ0) is 15.4. The first kappa shape index (κ1) is 14.3. The van der Waals surface area contributed by atoms with Gasteiger partial charge in [-0.3, -0.25) is 4.79 Å². The van der Waals surface area contributed by atoms with Gasteiger partial charge in [0.25, 0.3) is 5.91 Å². The summed E-state index contributed by atoms with van der Waals surface area (Å²) in [5.74, 6) is 0.569. The zero-order valence-electron chi connectivity index (χ0n) is 12.4. The van der Waals surface area contributed by atoms with Crippen LogP contribution in [0, 0.1) is 11.3 Å². The van der Waals surface area contributed by atoms with E-state index in [1.165, 1.54) is 5.56 Å². The molecule has 1 aliphatic rings.